The summed E-state index contributed by atoms with van der Waals surface area (Å²) in [6.45, 7) is 1.05. The van der Waals surface area contributed by atoms with Gasteiger partial charge in [0.25, 0.3) is 11.8 Å². The fourth-order valence-corrected chi connectivity index (χ4v) is 6.70. The molecule has 0 radical (unpaired) electrons. The number of likely N-dealkylation sites (tertiary alicyclic amines) is 1. The van der Waals surface area contributed by atoms with Gasteiger partial charge in [0.15, 0.2) is 0 Å². The highest BCUT2D eigenvalue weighted by molar-refractivity contribution is 7.92. The van der Waals surface area contributed by atoms with Gasteiger partial charge in [0.1, 0.15) is 28.6 Å². The molecule has 0 aliphatic carbocycles. The van der Waals surface area contributed by atoms with Gasteiger partial charge in [-0.1, -0.05) is 12.1 Å². The second-order valence-electron chi connectivity index (χ2n) is 11.5. The number of piperidine rings is 1. The summed E-state index contributed by atoms with van der Waals surface area (Å²) in [5.41, 5.74) is 8.94. The highest BCUT2D eigenvalue weighted by atomic mass is 32.2. The zero-order chi connectivity index (χ0) is 32.0. The molecule has 10 nitrogen and oxygen atoms in total. The minimum absolute atomic E-state index is 0.00581. The highest BCUT2D eigenvalue weighted by Gasteiger charge is 2.29. The number of ether oxygens (including phenoxy) is 1. The predicted molar refractivity (Wildman–Crippen MR) is 171 cm³/mol. The SMILES string of the molecule is COc1cccc2cc(C(=O)N3CCCC(Cc4cc5c(C(N)=O)c(-c6ccc(F)cc6)oc5cc4N(C)S(C)(=O)=O)C3)[nH]c12. The van der Waals surface area contributed by atoms with Gasteiger partial charge in [0.05, 0.1) is 30.1 Å². The van der Waals surface area contributed by atoms with Crippen LogP contribution in [0.1, 0.15) is 39.3 Å². The lowest BCUT2D eigenvalue weighted by molar-refractivity contribution is 0.0668. The van der Waals surface area contributed by atoms with Gasteiger partial charge >= 0.3 is 0 Å². The van der Waals surface area contributed by atoms with Gasteiger partial charge < -0.3 is 24.8 Å². The molecule has 1 aliphatic rings. The number of nitrogens with two attached hydrogens (primary N) is 1. The molecule has 5 aromatic rings. The standard InChI is InChI=1S/C33H33FN4O6S/c1-37(45(3,41)42)26-17-28-24(29(32(35)39)31(44-28)20-9-11-23(34)12-10-20)15-22(26)14-19-6-5-13-38(18-19)33(40)25-16-21-7-4-8-27(43-2)30(21)36-25/h4,7-12,15-17,19,36H,5-6,13-14,18H2,1-3H3,(H2,35,39). The molecule has 0 spiro atoms. The van der Waals surface area contributed by atoms with E-state index in [1.165, 1.54) is 35.6 Å². The number of para-hydroxylation sites is 1. The van der Waals surface area contributed by atoms with Crippen molar-refractivity contribution in [3.63, 3.8) is 0 Å². The van der Waals surface area contributed by atoms with Crippen molar-refractivity contribution in [3.8, 4) is 17.1 Å². The maximum Gasteiger partial charge on any atom is 0.270 e. The second kappa shape index (κ2) is 11.6. The number of amides is 2. The van der Waals surface area contributed by atoms with E-state index >= 15 is 0 Å². The molecule has 0 saturated carbocycles. The topological polar surface area (TPSA) is 139 Å². The van der Waals surface area contributed by atoms with Crippen LogP contribution in [0, 0.1) is 11.7 Å². The van der Waals surface area contributed by atoms with E-state index in [1.807, 2.05) is 29.2 Å². The summed E-state index contributed by atoms with van der Waals surface area (Å²) in [6.07, 6.45) is 3.13. The Morgan fingerprint density at radius 2 is 1.91 bits per heavy atom. The van der Waals surface area contributed by atoms with Crippen LogP contribution in [0.5, 0.6) is 5.75 Å². The van der Waals surface area contributed by atoms with Crippen molar-refractivity contribution in [1.82, 2.24) is 9.88 Å². The molecule has 45 heavy (non-hydrogen) atoms. The van der Waals surface area contributed by atoms with Crippen LogP contribution in [-0.2, 0) is 16.4 Å². The van der Waals surface area contributed by atoms with Gasteiger partial charge in [-0.05, 0) is 73.2 Å². The van der Waals surface area contributed by atoms with Crippen molar-refractivity contribution in [2.24, 2.45) is 11.7 Å². The summed E-state index contributed by atoms with van der Waals surface area (Å²) >= 11 is 0. The molecule has 3 N–H and O–H groups in total. The second-order valence-corrected chi connectivity index (χ2v) is 13.5. The van der Waals surface area contributed by atoms with Gasteiger partial charge in [0.2, 0.25) is 10.0 Å². The lowest BCUT2D eigenvalue weighted by atomic mass is 9.89. The molecular formula is C33H33FN4O6S. The summed E-state index contributed by atoms with van der Waals surface area (Å²) in [6, 6.07) is 16.3. The van der Waals surface area contributed by atoms with Crippen LogP contribution in [0.25, 0.3) is 33.2 Å². The number of primary amides is 1. The van der Waals surface area contributed by atoms with Crippen molar-refractivity contribution in [3.05, 3.63) is 83.3 Å². The zero-order valence-electron chi connectivity index (χ0n) is 25.1. The summed E-state index contributed by atoms with van der Waals surface area (Å²) in [4.78, 5) is 31.3. The Bertz CT molecular complexity index is 2050. The number of methoxy groups -OCH3 is 1. The van der Waals surface area contributed by atoms with Crippen molar-refractivity contribution in [2.45, 2.75) is 19.3 Å². The van der Waals surface area contributed by atoms with E-state index < -0.39 is 21.7 Å². The average Bonchev–Trinajstić information content (AvgIpc) is 3.62. The largest absolute Gasteiger partial charge is 0.495 e. The monoisotopic (exact) mass is 632 g/mol. The number of hydrogen-bond acceptors (Lipinski definition) is 6. The first kappa shape index (κ1) is 30.2. The average molecular weight is 633 g/mol. The number of furan rings is 1. The zero-order valence-corrected chi connectivity index (χ0v) is 25.9. The molecule has 1 aliphatic heterocycles. The van der Waals surface area contributed by atoms with E-state index in [0.29, 0.717) is 53.2 Å². The van der Waals surface area contributed by atoms with Crippen LogP contribution in [0.2, 0.25) is 0 Å². The number of sulfonamides is 1. The number of nitrogens with zero attached hydrogens (tertiary/aromatic N) is 2. The molecule has 6 rings (SSSR count). The molecule has 3 aromatic carbocycles. The number of benzene rings is 3. The maximum absolute atomic E-state index is 13.6. The van der Waals surface area contributed by atoms with E-state index in [0.717, 1.165) is 30.0 Å². The first-order valence-corrected chi connectivity index (χ1v) is 16.3. The number of hydrogen-bond donors (Lipinski definition) is 2. The van der Waals surface area contributed by atoms with E-state index in [-0.39, 0.29) is 28.7 Å². The highest BCUT2D eigenvalue weighted by Crippen LogP contribution is 2.39. The van der Waals surface area contributed by atoms with E-state index in [1.54, 1.807) is 19.2 Å². The Balaban J connectivity index is 1.36. The third kappa shape index (κ3) is 5.73. The molecule has 234 valence electrons. The van der Waals surface area contributed by atoms with Crippen LogP contribution in [0.4, 0.5) is 10.1 Å². The summed E-state index contributed by atoms with van der Waals surface area (Å²) < 4.78 is 51.7. The molecule has 2 aromatic heterocycles. The molecule has 12 heteroatoms. The van der Waals surface area contributed by atoms with Crippen LogP contribution in [-0.4, -0.2) is 63.6 Å². The van der Waals surface area contributed by atoms with Crippen molar-refractivity contribution < 1.29 is 31.6 Å². The Kier molecular flexibility index (Phi) is 7.77. The van der Waals surface area contributed by atoms with Gasteiger partial charge in [-0.2, -0.15) is 0 Å². The lowest BCUT2D eigenvalue weighted by Crippen LogP contribution is -2.40. The van der Waals surface area contributed by atoms with Crippen molar-refractivity contribution in [2.75, 3.05) is 37.8 Å². The van der Waals surface area contributed by atoms with Crippen LogP contribution >= 0.6 is 0 Å². The fraction of sp³-hybridized carbons (Fsp3) is 0.273. The number of fused-ring (bicyclic) bond motifs is 2. The Morgan fingerprint density at radius 1 is 1.16 bits per heavy atom. The number of anilines is 1. The molecule has 1 saturated heterocycles. The maximum atomic E-state index is 13.6. The number of carbonyl (C=O) groups excluding carboxylic acids is 2. The normalized spacial score (nSPS) is 15.5. The van der Waals surface area contributed by atoms with Crippen molar-refractivity contribution >= 4 is 49.4 Å². The van der Waals surface area contributed by atoms with Gasteiger partial charge in [-0.3, -0.25) is 13.9 Å². The number of aromatic nitrogens is 1. The first-order chi connectivity index (χ1) is 21.4. The quantitative estimate of drug-likeness (QED) is 0.238. The third-order valence-corrected chi connectivity index (χ3v) is 9.65. The van der Waals surface area contributed by atoms with Gasteiger partial charge in [0, 0.05) is 42.5 Å². The summed E-state index contributed by atoms with van der Waals surface area (Å²) in [5.74, 6) is -0.472. The first-order valence-electron chi connectivity index (χ1n) is 14.5. The molecule has 1 atom stereocenters. The number of H-pyrrole nitrogens is 1. The Hall–Kier alpha value is -4.84. The fourth-order valence-electron chi connectivity index (χ4n) is 6.17. The minimum atomic E-state index is -3.66. The van der Waals surface area contributed by atoms with Crippen molar-refractivity contribution in [1.29, 1.82) is 0 Å². The Labute approximate surface area is 259 Å². The Morgan fingerprint density at radius 3 is 2.60 bits per heavy atom. The molecular weight excluding hydrogens is 599 g/mol. The van der Waals surface area contributed by atoms with Crippen LogP contribution in [0.3, 0.4) is 0 Å². The van der Waals surface area contributed by atoms with E-state index in [4.69, 9.17) is 14.9 Å². The van der Waals surface area contributed by atoms with E-state index in [2.05, 4.69) is 4.98 Å². The lowest BCUT2D eigenvalue weighted by Gasteiger charge is -2.33. The summed E-state index contributed by atoms with van der Waals surface area (Å²) in [5, 5.41) is 1.30. The van der Waals surface area contributed by atoms with Gasteiger partial charge in [-0.15, -0.1) is 0 Å². The predicted octanol–water partition coefficient (Wildman–Crippen LogP) is 5.32. The number of halogens is 1. The van der Waals surface area contributed by atoms with E-state index in [9.17, 15) is 22.4 Å². The number of rotatable bonds is 8. The molecule has 0 bridgehead atoms. The summed E-state index contributed by atoms with van der Waals surface area (Å²) in [7, 11) is -0.624. The minimum Gasteiger partial charge on any atom is -0.495 e. The number of nitrogens with one attached hydrogen (secondary N) is 1. The smallest absolute Gasteiger partial charge is 0.270 e. The number of carbonyl (C=O) groups is 2. The molecule has 3 heterocycles. The third-order valence-electron chi connectivity index (χ3n) is 8.46. The van der Waals surface area contributed by atoms with Gasteiger partial charge in [-0.25, -0.2) is 12.8 Å². The number of aromatic amines is 1. The van der Waals surface area contributed by atoms with Crippen LogP contribution in [0.15, 0.2) is 65.1 Å². The molecule has 1 unspecified atom stereocenters. The molecule has 1 fully saturated rings. The van der Waals surface area contributed by atoms with Crippen LogP contribution < -0.4 is 14.8 Å². The molecule has 2 amide bonds.